The Balaban J connectivity index is 1.59. The summed E-state index contributed by atoms with van der Waals surface area (Å²) in [5.74, 6) is 0.328. The fourth-order valence-electron chi connectivity index (χ4n) is 3.28. The molecule has 0 spiro atoms. The topological polar surface area (TPSA) is 38.3 Å². The zero-order chi connectivity index (χ0) is 17.6. The molecule has 2 aromatic rings. The number of hydrogen-bond acceptors (Lipinski definition) is 2. The van der Waals surface area contributed by atoms with E-state index in [2.05, 4.69) is 5.32 Å². The maximum Gasteiger partial charge on any atom is 0.251 e. The van der Waals surface area contributed by atoms with E-state index in [9.17, 15) is 9.18 Å². The maximum atomic E-state index is 13.3. The van der Waals surface area contributed by atoms with Gasteiger partial charge in [0, 0.05) is 25.3 Å². The van der Waals surface area contributed by atoms with Crippen LogP contribution in [0.15, 0.2) is 42.5 Å². The van der Waals surface area contributed by atoms with Gasteiger partial charge in [0.25, 0.3) is 5.91 Å². The summed E-state index contributed by atoms with van der Waals surface area (Å²) in [6, 6.07) is 12.2. The Hall–Kier alpha value is -2.20. The molecule has 1 saturated heterocycles. The first-order chi connectivity index (χ1) is 12.1. The molecule has 0 saturated carbocycles. The Kier molecular flexibility index (Phi) is 5.82. The van der Waals surface area contributed by atoms with Crippen molar-refractivity contribution >= 4 is 5.91 Å². The first-order valence-corrected chi connectivity index (χ1v) is 8.86. The third-order valence-corrected chi connectivity index (χ3v) is 4.72. The van der Waals surface area contributed by atoms with Gasteiger partial charge in [-0.1, -0.05) is 18.2 Å². The van der Waals surface area contributed by atoms with Crippen LogP contribution in [0, 0.1) is 18.7 Å². The molecule has 3 rings (SSSR count). The number of benzene rings is 2. The second-order valence-corrected chi connectivity index (χ2v) is 6.67. The predicted octanol–water partition coefficient (Wildman–Crippen LogP) is 4.35. The summed E-state index contributed by atoms with van der Waals surface area (Å²) in [5.41, 5.74) is 3.35. The van der Waals surface area contributed by atoms with Gasteiger partial charge >= 0.3 is 0 Å². The van der Waals surface area contributed by atoms with Crippen molar-refractivity contribution in [3.63, 3.8) is 0 Å². The monoisotopic (exact) mass is 341 g/mol. The highest BCUT2D eigenvalue weighted by molar-refractivity contribution is 5.95. The van der Waals surface area contributed by atoms with Crippen LogP contribution >= 0.6 is 0 Å². The van der Waals surface area contributed by atoms with Crippen molar-refractivity contribution in [3.8, 4) is 11.1 Å². The first kappa shape index (κ1) is 17.6. The summed E-state index contributed by atoms with van der Waals surface area (Å²) in [5, 5.41) is 2.99. The Bertz CT molecular complexity index is 738. The van der Waals surface area contributed by atoms with Gasteiger partial charge in [0.1, 0.15) is 5.82 Å². The Labute approximate surface area is 148 Å². The summed E-state index contributed by atoms with van der Waals surface area (Å²) in [4.78, 5) is 12.4. The molecule has 1 heterocycles. The predicted molar refractivity (Wildman–Crippen MR) is 97.1 cm³/mol. The van der Waals surface area contributed by atoms with E-state index in [1.165, 1.54) is 12.1 Å². The smallest absolute Gasteiger partial charge is 0.251 e. The molecule has 1 aliphatic rings. The third kappa shape index (κ3) is 4.67. The zero-order valence-electron chi connectivity index (χ0n) is 14.6. The van der Waals surface area contributed by atoms with E-state index in [1.54, 1.807) is 6.07 Å². The lowest BCUT2D eigenvalue weighted by atomic mass is 9.98. The van der Waals surface area contributed by atoms with Gasteiger partial charge in [-0.3, -0.25) is 4.79 Å². The number of rotatable bonds is 6. The van der Waals surface area contributed by atoms with Gasteiger partial charge in [-0.25, -0.2) is 4.39 Å². The number of carbonyl (C=O) groups is 1. The fraction of sp³-hybridized carbons (Fsp3) is 0.381. The second-order valence-electron chi connectivity index (χ2n) is 6.67. The Morgan fingerprint density at radius 3 is 2.92 bits per heavy atom. The lowest BCUT2D eigenvalue weighted by Gasteiger charge is -2.10. The lowest BCUT2D eigenvalue weighted by molar-refractivity contribution is 0.0952. The van der Waals surface area contributed by atoms with E-state index >= 15 is 0 Å². The summed E-state index contributed by atoms with van der Waals surface area (Å²) in [7, 11) is 0. The molecule has 25 heavy (non-hydrogen) atoms. The van der Waals surface area contributed by atoms with Crippen molar-refractivity contribution < 1.29 is 13.9 Å². The number of aryl methyl sites for hydroxylation is 1. The highest BCUT2D eigenvalue weighted by Crippen LogP contribution is 2.25. The number of amides is 1. The van der Waals surface area contributed by atoms with E-state index in [4.69, 9.17) is 4.74 Å². The van der Waals surface area contributed by atoms with Gasteiger partial charge in [-0.05, 0) is 73.1 Å². The number of halogens is 1. The quantitative estimate of drug-likeness (QED) is 0.794. The van der Waals surface area contributed by atoms with Gasteiger partial charge < -0.3 is 10.1 Å². The molecular formula is C21H24FNO2. The molecule has 0 aromatic heterocycles. The van der Waals surface area contributed by atoms with Crippen LogP contribution in [0.25, 0.3) is 11.1 Å². The van der Waals surface area contributed by atoms with Crippen molar-refractivity contribution in [1.82, 2.24) is 5.32 Å². The molecule has 2 aromatic carbocycles. The minimum Gasteiger partial charge on any atom is -0.381 e. The summed E-state index contributed by atoms with van der Waals surface area (Å²) in [6.07, 6.45) is 3.19. The fourth-order valence-corrected chi connectivity index (χ4v) is 3.28. The average molecular weight is 341 g/mol. The van der Waals surface area contributed by atoms with Crippen LogP contribution in [-0.4, -0.2) is 25.7 Å². The molecule has 0 radical (unpaired) electrons. The van der Waals surface area contributed by atoms with E-state index < -0.39 is 0 Å². The normalized spacial score (nSPS) is 16.8. The van der Waals surface area contributed by atoms with Gasteiger partial charge in [0.15, 0.2) is 0 Å². The SMILES string of the molecule is Cc1cc(F)ccc1-c1cccc(C(=O)NCCC[C@H]2CCOC2)c1. The molecule has 1 amide bonds. The molecule has 1 N–H and O–H groups in total. The van der Waals surface area contributed by atoms with Crippen LogP contribution in [0.4, 0.5) is 4.39 Å². The van der Waals surface area contributed by atoms with Crippen molar-refractivity contribution in [3.05, 3.63) is 59.4 Å². The summed E-state index contributed by atoms with van der Waals surface area (Å²) in [6.45, 7) is 4.27. The number of hydrogen-bond donors (Lipinski definition) is 1. The highest BCUT2D eigenvalue weighted by atomic mass is 19.1. The number of carbonyl (C=O) groups excluding carboxylic acids is 1. The summed E-state index contributed by atoms with van der Waals surface area (Å²) >= 11 is 0. The molecule has 132 valence electrons. The van der Waals surface area contributed by atoms with Crippen LogP contribution in [0.5, 0.6) is 0 Å². The molecule has 1 aliphatic heterocycles. The van der Waals surface area contributed by atoms with Crippen LogP contribution in [0.1, 0.15) is 35.2 Å². The van der Waals surface area contributed by atoms with Gasteiger partial charge in [0.2, 0.25) is 0 Å². The summed E-state index contributed by atoms with van der Waals surface area (Å²) < 4.78 is 18.6. The number of ether oxygens (including phenoxy) is 1. The van der Waals surface area contributed by atoms with Crippen molar-refractivity contribution in [1.29, 1.82) is 0 Å². The second kappa shape index (κ2) is 8.26. The molecule has 0 aliphatic carbocycles. The van der Waals surface area contributed by atoms with Crippen molar-refractivity contribution in [2.75, 3.05) is 19.8 Å². The first-order valence-electron chi connectivity index (χ1n) is 8.86. The average Bonchev–Trinajstić information content (AvgIpc) is 3.12. The maximum absolute atomic E-state index is 13.3. The molecule has 1 atom stereocenters. The van der Waals surface area contributed by atoms with Crippen molar-refractivity contribution in [2.45, 2.75) is 26.2 Å². The van der Waals surface area contributed by atoms with Gasteiger partial charge in [0.05, 0.1) is 0 Å². The molecule has 3 nitrogen and oxygen atoms in total. The molecule has 1 fully saturated rings. The molecule has 0 bridgehead atoms. The van der Waals surface area contributed by atoms with E-state index in [0.717, 1.165) is 49.2 Å². The largest absolute Gasteiger partial charge is 0.381 e. The third-order valence-electron chi connectivity index (χ3n) is 4.72. The highest BCUT2D eigenvalue weighted by Gasteiger charge is 2.15. The van der Waals surface area contributed by atoms with Crippen LogP contribution in [-0.2, 0) is 4.74 Å². The van der Waals surface area contributed by atoms with Gasteiger partial charge in [-0.2, -0.15) is 0 Å². The molecule has 4 heteroatoms. The lowest BCUT2D eigenvalue weighted by Crippen LogP contribution is -2.24. The minimum atomic E-state index is -0.247. The van der Waals surface area contributed by atoms with E-state index in [0.29, 0.717) is 18.0 Å². The zero-order valence-corrected chi connectivity index (χ0v) is 14.6. The van der Waals surface area contributed by atoms with E-state index in [-0.39, 0.29) is 11.7 Å². The minimum absolute atomic E-state index is 0.0655. The Morgan fingerprint density at radius 1 is 1.28 bits per heavy atom. The Morgan fingerprint density at radius 2 is 2.16 bits per heavy atom. The van der Waals surface area contributed by atoms with Crippen LogP contribution < -0.4 is 5.32 Å². The standard InChI is InChI=1S/C21H24FNO2/c1-15-12-19(22)7-8-20(15)17-5-2-6-18(13-17)21(24)23-10-3-4-16-9-11-25-14-16/h2,5-8,12-13,16H,3-4,9-11,14H2,1H3,(H,23,24)/t16-/m0/s1. The molecule has 0 unspecified atom stereocenters. The van der Waals surface area contributed by atoms with Crippen molar-refractivity contribution in [2.24, 2.45) is 5.92 Å². The van der Waals surface area contributed by atoms with Gasteiger partial charge in [-0.15, -0.1) is 0 Å². The molecular weight excluding hydrogens is 317 g/mol. The van der Waals surface area contributed by atoms with E-state index in [1.807, 2.05) is 31.2 Å². The van der Waals surface area contributed by atoms with Crippen LogP contribution in [0.3, 0.4) is 0 Å². The van der Waals surface area contributed by atoms with Crippen LogP contribution in [0.2, 0.25) is 0 Å². The number of nitrogens with one attached hydrogen (secondary N) is 1.